The molecule has 0 bridgehead atoms. The van der Waals surface area contributed by atoms with Crippen LogP contribution in [0.15, 0.2) is 94.5 Å². The maximum absolute atomic E-state index is 15.1. The summed E-state index contributed by atoms with van der Waals surface area (Å²) in [6.07, 6.45) is 0.979. The van der Waals surface area contributed by atoms with E-state index in [4.69, 9.17) is 14.9 Å². The smallest absolute Gasteiger partial charge is 0.227 e. The monoisotopic (exact) mass is 413 g/mol. The van der Waals surface area contributed by atoms with Gasteiger partial charge < -0.3 is 19.8 Å². The van der Waals surface area contributed by atoms with Gasteiger partial charge in [-0.3, -0.25) is 0 Å². The number of halogens is 1. The number of fused-ring (bicyclic) bond motifs is 1. The summed E-state index contributed by atoms with van der Waals surface area (Å²) < 4.78 is 25.9. The average Bonchev–Trinajstić information content (AvgIpc) is 3.29. The summed E-state index contributed by atoms with van der Waals surface area (Å²) in [7, 11) is 1.61. The summed E-state index contributed by atoms with van der Waals surface area (Å²) in [5.41, 5.74) is 10.1. The van der Waals surface area contributed by atoms with Crippen LogP contribution in [0.1, 0.15) is 17.3 Å². The molecule has 1 aliphatic heterocycles. The Bertz CT molecular complexity index is 1250. The summed E-state index contributed by atoms with van der Waals surface area (Å²) in [6.45, 7) is 0. The molecule has 1 aliphatic rings. The zero-order chi connectivity index (χ0) is 21.4. The molecule has 4 aromatic rings. The average molecular weight is 413 g/mol. The normalized spacial score (nSPS) is 15.4. The number of anilines is 1. The second kappa shape index (κ2) is 7.74. The fraction of sp³-hybridized carbons (Fsp3) is 0.0800. The quantitative estimate of drug-likeness (QED) is 0.470. The van der Waals surface area contributed by atoms with Gasteiger partial charge in [0.25, 0.3) is 0 Å². The number of nitrogens with zero attached hydrogens (tertiary/aromatic N) is 2. The van der Waals surface area contributed by atoms with Crippen molar-refractivity contribution in [2.75, 3.05) is 12.0 Å². The van der Waals surface area contributed by atoms with Gasteiger partial charge in [0.2, 0.25) is 5.88 Å². The fourth-order valence-corrected chi connectivity index (χ4v) is 3.78. The first kappa shape index (κ1) is 19.1. The number of hydrogen-bond donors (Lipinski definition) is 1. The number of furan rings is 1. The molecule has 0 fully saturated rings. The highest BCUT2D eigenvalue weighted by atomic mass is 19.1. The number of rotatable bonds is 4. The predicted octanol–water partition coefficient (Wildman–Crippen LogP) is 5.65. The van der Waals surface area contributed by atoms with Gasteiger partial charge in [-0.2, -0.15) is 4.99 Å². The Kier molecular flexibility index (Phi) is 4.76. The largest absolute Gasteiger partial charge is 0.497 e. The van der Waals surface area contributed by atoms with Gasteiger partial charge in [-0.1, -0.05) is 30.3 Å². The molecule has 5 nitrogen and oxygen atoms in total. The molecule has 0 saturated heterocycles. The topological polar surface area (TPSA) is 64.0 Å². The first-order valence-electron chi connectivity index (χ1n) is 9.86. The van der Waals surface area contributed by atoms with Crippen molar-refractivity contribution in [3.8, 4) is 16.9 Å². The molecule has 6 heteroatoms. The van der Waals surface area contributed by atoms with E-state index in [1.54, 1.807) is 25.5 Å². The van der Waals surface area contributed by atoms with Crippen molar-refractivity contribution in [1.29, 1.82) is 0 Å². The predicted molar refractivity (Wildman–Crippen MR) is 119 cm³/mol. The van der Waals surface area contributed by atoms with E-state index in [0.717, 1.165) is 22.4 Å². The lowest BCUT2D eigenvalue weighted by Gasteiger charge is -2.34. The second-order valence-corrected chi connectivity index (χ2v) is 7.19. The molecule has 31 heavy (non-hydrogen) atoms. The van der Waals surface area contributed by atoms with Gasteiger partial charge in [0.1, 0.15) is 23.6 Å². The minimum absolute atomic E-state index is 0.331. The van der Waals surface area contributed by atoms with Crippen LogP contribution >= 0.6 is 0 Å². The Hall–Kier alpha value is -3.90. The van der Waals surface area contributed by atoms with Gasteiger partial charge in [-0.25, -0.2) is 4.39 Å². The first-order chi connectivity index (χ1) is 15.2. The molecular formula is C25H20FN3O2. The summed E-state index contributed by atoms with van der Waals surface area (Å²) >= 11 is 0. The van der Waals surface area contributed by atoms with Crippen LogP contribution < -0.4 is 15.4 Å². The van der Waals surface area contributed by atoms with Crippen molar-refractivity contribution in [3.63, 3.8) is 0 Å². The number of methoxy groups -OCH3 is 1. The van der Waals surface area contributed by atoms with E-state index in [2.05, 4.69) is 4.99 Å². The molecule has 1 atom stereocenters. The van der Waals surface area contributed by atoms with Crippen molar-refractivity contribution in [2.45, 2.75) is 6.17 Å². The Morgan fingerprint density at radius 2 is 1.74 bits per heavy atom. The standard InChI is InChI=1S/C25H20FN3O2/c1-30-19-10-7-17(8-11-19)24-28-25-21(13-14-31-25)23(27)29(24)18-9-12-20(22(26)15-18)16-5-3-2-4-6-16/h2-15,23H,27H2,1H3. The summed E-state index contributed by atoms with van der Waals surface area (Å²) in [5.74, 6) is 1.43. The van der Waals surface area contributed by atoms with Gasteiger partial charge in [-0.15, -0.1) is 0 Å². The zero-order valence-corrected chi connectivity index (χ0v) is 16.8. The summed E-state index contributed by atoms with van der Waals surface area (Å²) in [5, 5.41) is 0. The van der Waals surface area contributed by atoms with Gasteiger partial charge in [0.05, 0.1) is 18.9 Å². The summed E-state index contributed by atoms with van der Waals surface area (Å²) in [6, 6.07) is 23.8. The van der Waals surface area contributed by atoms with Crippen molar-refractivity contribution in [2.24, 2.45) is 10.7 Å². The minimum Gasteiger partial charge on any atom is -0.497 e. The number of benzene rings is 3. The van der Waals surface area contributed by atoms with Crippen LogP contribution in [0.3, 0.4) is 0 Å². The Morgan fingerprint density at radius 3 is 2.45 bits per heavy atom. The lowest BCUT2D eigenvalue weighted by Crippen LogP contribution is -2.42. The third kappa shape index (κ3) is 3.37. The first-order valence-corrected chi connectivity index (χ1v) is 9.86. The molecule has 0 aliphatic carbocycles. The van der Waals surface area contributed by atoms with Crippen LogP contribution in [0.4, 0.5) is 16.0 Å². The third-order valence-corrected chi connectivity index (χ3v) is 5.37. The van der Waals surface area contributed by atoms with Crippen molar-refractivity contribution in [1.82, 2.24) is 0 Å². The minimum atomic E-state index is -0.578. The van der Waals surface area contributed by atoms with Crippen LogP contribution in [0, 0.1) is 5.82 Å². The molecule has 0 amide bonds. The van der Waals surface area contributed by atoms with Gasteiger partial charge >= 0.3 is 0 Å². The zero-order valence-electron chi connectivity index (χ0n) is 16.8. The van der Waals surface area contributed by atoms with E-state index in [0.29, 0.717) is 23.0 Å². The lowest BCUT2D eigenvalue weighted by atomic mass is 10.0. The van der Waals surface area contributed by atoms with Crippen LogP contribution in [0.5, 0.6) is 5.75 Å². The third-order valence-electron chi connectivity index (χ3n) is 5.37. The Morgan fingerprint density at radius 1 is 0.968 bits per heavy atom. The molecular weight excluding hydrogens is 393 g/mol. The summed E-state index contributed by atoms with van der Waals surface area (Å²) in [4.78, 5) is 6.50. The van der Waals surface area contributed by atoms with Crippen LogP contribution in [-0.4, -0.2) is 12.9 Å². The molecule has 0 spiro atoms. The van der Waals surface area contributed by atoms with Gasteiger partial charge in [-0.05, 0) is 54.1 Å². The molecule has 5 rings (SSSR count). The molecule has 2 heterocycles. The van der Waals surface area contributed by atoms with Crippen LogP contribution in [0.25, 0.3) is 11.1 Å². The number of hydrogen-bond acceptors (Lipinski definition) is 5. The highest BCUT2D eigenvalue weighted by molar-refractivity contribution is 6.12. The Balaban J connectivity index is 1.61. The van der Waals surface area contributed by atoms with E-state index in [9.17, 15) is 0 Å². The number of aliphatic imine (C=N–C) groups is 1. The molecule has 1 unspecified atom stereocenters. The number of amidine groups is 1. The SMILES string of the molecule is COc1ccc(C2=Nc3occc3C(N)N2c2ccc(-c3ccccc3)c(F)c2)cc1. The van der Waals surface area contributed by atoms with Crippen LogP contribution in [0.2, 0.25) is 0 Å². The van der Waals surface area contributed by atoms with Crippen molar-refractivity contribution in [3.05, 3.63) is 102 Å². The maximum Gasteiger partial charge on any atom is 0.227 e. The second-order valence-electron chi connectivity index (χ2n) is 7.19. The highest BCUT2D eigenvalue weighted by Gasteiger charge is 2.31. The van der Waals surface area contributed by atoms with Gasteiger partial charge in [0, 0.05) is 16.8 Å². The molecule has 3 aromatic carbocycles. The lowest BCUT2D eigenvalue weighted by molar-refractivity contribution is 0.415. The molecule has 2 N–H and O–H groups in total. The van der Waals surface area contributed by atoms with Gasteiger partial charge in [0.15, 0.2) is 0 Å². The van der Waals surface area contributed by atoms with E-state index >= 15 is 4.39 Å². The van der Waals surface area contributed by atoms with Crippen molar-refractivity contribution < 1.29 is 13.5 Å². The molecule has 154 valence electrons. The van der Waals surface area contributed by atoms with Crippen molar-refractivity contribution >= 4 is 17.4 Å². The Labute approximate surface area is 179 Å². The number of ether oxygens (including phenoxy) is 1. The van der Waals surface area contributed by atoms with E-state index in [-0.39, 0.29) is 5.82 Å². The maximum atomic E-state index is 15.1. The van der Waals surface area contributed by atoms with E-state index in [1.807, 2.05) is 65.6 Å². The van der Waals surface area contributed by atoms with E-state index in [1.165, 1.54) is 6.07 Å². The van der Waals surface area contributed by atoms with E-state index < -0.39 is 6.17 Å². The van der Waals surface area contributed by atoms with Crippen LogP contribution in [-0.2, 0) is 0 Å². The fourth-order valence-electron chi connectivity index (χ4n) is 3.78. The molecule has 0 saturated carbocycles. The highest BCUT2D eigenvalue weighted by Crippen LogP contribution is 2.38. The molecule has 1 aromatic heterocycles. The number of nitrogens with two attached hydrogens (primary N) is 1. The molecule has 0 radical (unpaired) electrons.